The first kappa shape index (κ1) is 14.5. The van der Waals surface area contributed by atoms with Crippen molar-refractivity contribution in [3.05, 3.63) is 35.4 Å². The van der Waals surface area contributed by atoms with E-state index >= 15 is 0 Å². The molecule has 0 bridgehead atoms. The number of nitrogens with one attached hydrogen (secondary N) is 1. The molecule has 106 valence electrons. The summed E-state index contributed by atoms with van der Waals surface area (Å²) in [5.41, 5.74) is 2.43. The highest BCUT2D eigenvalue weighted by Crippen LogP contribution is 2.32. The van der Waals surface area contributed by atoms with Gasteiger partial charge in [0.15, 0.2) is 0 Å². The highest BCUT2D eigenvalue weighted by molar-refractivity contribution is 5.25. The van der Waals surface area contributed by atoms with E-state index in [0.717, 1.165) is 25.9 Å². The SMILES string of the molecule is CCC1(CC)CNCC(c2cccc(COC)c2)O1. The molecule has 0 radical (unpaired) electrons. The molecule has 1 aliphatic heterocycles. The molecule has 1 heterocycles. The maximum Gasteiger partial charge on any atom is 0.0957 e. The van der Waals surface area contributed by atoms with Gasteiger partial charge in [-0.2, -0.15) is 0 Å². The molecule has 0 aliphatic carbocycles. The van der Waals surface area contributed by atoms with Crippen LogP contribution in [0.3, 0.4) is 0 Å². The average molecular weight is 263 g/mol. The van der Waals surface area contributed by atoms with Crippen LogP contribution < -0.4 is 5.32 Å². The number of methoxy groups -OCH3 is 1. The molecule has 3 heteroatoms. The van der Waals surface area contributed by atoms with Gasteiger partial charge in [0.25, 0.3) is 0 Å². The van der Waals surface area contributed by atoms with E-state index in [-0.39, 0.29) is 11.7 Å². The van der Waals surface area contributed by atoms with Crippen molar-refractivity contribution in [1.29, 1.82) is 0 Å². The smallest absolute Gasteiger partial charge is 0.0957 e. The topological polar surface area (TPSA) is 30.5 Å². The Balaban J connectivity index is 2.14. The third kappa shape index (κ3) is 3.35. The second-order valence-corrected chi connectivity index (χ2v) is 5.31. The standard InChI is InChI=1S/C16H25NO2/c1-4-16(5-2)12-17-10-15(19-16)14-8-6-7-13(9-14)11-18-3/h6-9,15,17H,4-5,10-12H2,1-3H3. The molecule has 1 fully saturated rings. The van der Waals surface area contributed by atoms with Gasteiger partial charge in [0.2, 0.25) is 0 Å². The summed E-state index contributed by atoms with van der Waals surface area (Å²) < 4.78 is 11.6. The van der Waals surface area contributed by atoms with Crippen LogP contribution in [-0.2, 0) is 16.1 Å². The largest absolute Gasteiger partial charge is 0.380 e. The number of morpholine rings is 1. The minimum Gasteiger partial charge on any atom is -0.380 e. The van der Waals surface area contributed by atoms with Crippen molar-refractivity contribution >= 4 is 0 Å². The van der Waals surface area contributed by atoms with Crippen molar-refractivity contribution < 1.29 is 9.47 Å². The van der Waals surface area contributed by atoms with Gasteiger partial charge in [-0.15, -0.1) is 0 Å². The van der Waals surface area contributed by atoms with Crippen LogP contribution in [0.15, 0.2) is 24.3 Å². The van der Waals surface area contributed by atoms with E-state index in [1.165, 1.54) is 11.1 Å². The molecule has 0 aromatic heterocycles. The second kappa shape index (κ2) is 6.51. The first-order chi connectivity index (χ1) is 9.23. The fourth-order valence-electron chi connectivity index (χ4n) is 2.72. The molecule has 1 aromatic rings. The summed E-state index contributed by atoms with van der Waals surface area (Å²) in [6.07, 6.45) is 2.24. The molecule has 1 unspecified atom stereocenters. The summed E-state index contributed by atoms with van der Waals surface area (Å²) in [6.45, 7) is 6.90. The molecule has 0 spiro atoms. The molecule has 1 saturated heterocycles. The van der Waals surface area contributed by atoms with E-state index in [2.05, 4.69) is 43.4 Å². The minimum atomic E-state index is -0.0137. The number of hydrogen-bond donors (Lipinski definition) is 1. The van der Waals surface area contributed by atoms with Crippen LogP contribution in [-0.4, -0.2) is 25.8 Å². The molecule has 1 atom stereocenters. The molecule has 1 aromatic carbocycles. The summed E-state index contributed by atoms with van der Waals surface area (Å²) in [5, 5.41) is 3.52. The van der Waals surface area contributed by atoms with E-state index in [0.29, 0.717) is 6.61 Å². The van der Waals surface area contributed by atoms with Gasteiger partial charge in [-0.1, -0.05) is 38.1 Å². The maximum absolute atomic E-state index is 6.39. The highest BCUT2D eigenvalue weighted by atomic mass is 16.5. The van der Waals surface area contributed by atoms with Crippen LogP contribution >= 0.6 is 0 Å². The Morgan fingerprint density at radius 2 is 2.16 bits per heavy atom. The van der Waals surface area contributed by atoms with Crippen molar-refractivity contribution in [2.24, 2.45) is 0 Å². The zero-order valence-corrected chi connectivity index (χ0v) is 12.2. The number of hydrogen-bond acceptors (Lipinski definition) is 3. The van der Waals surface area contributed by atoms with Crippen LogP contribution in [0.2, 0.25) is 0 Å². The van der Waals surface area contributed by atoms with Gasteiger partial charge in [-0.25, -0.2) is 0 Å². The minimum absolute atomic E-state index is 0.0137. The summed E-state index contributed by atoms with van der Waals surface area (Å²) >= 11 is 0. The summed E-state index contributed by atoms with van der Waals surface area (Å²) in [6, 6.07) is 8.52. The number of rotatable bonds is 5. The molecule has 0 saturated carbocycles. The molecule has 1 aliphatic rings. The lowest BCUT2D eigenvalue weighted by Gasteiger charge is -2.41. The molecular formula is C16H25NO2. The highest BCUT2D eigenvalue weighted by Gasteiger charge is 2.34. The van der Waals surface area contributed by atoms with Gasteiger partial charge in [0.1, 0.15) is 0 Å². The van der Waals surface area contributed by atoms with Crippen LogP contribution in [0.4, 0.5) is 0 Å². The van der Waals surface area contributed by atoms with Crippen molar-refractivity contribution in [3.63, 3.8) is 0 Å². The first-order valence-corrected chi connectivity index (χ1v) is 7.19. The quantitative estimate of drug-likeness (QED) is 0.885. The molecule has 3 nitrogen and oxygen atoms in total. The Labute approximate surface area is 116 Å². The predicted octanol–water partition coefficient (Wildman–Crippen LogP) is 3.05. The van der Waals surface area contributed by atoms with Crippen LogP contribution in [0.5, 0.6) is 0 Å². The molecule has 0 amide bonds. The Morgan fingerprint density at radius 1 is 1.37 bits per heavy atom. The Kier molecular flexibility index (Phi) is 4.97. The molecule has 1 N–H and O–H groups in total. The maximum atomic E-state index is 6.39. The van der Waals surface area contributed by atoms with Gasteiger partial charge in [0, 0.05) is 20.2 Å². The van der Waals surface area contributed by atoms with Gasteiger partial charge < -0.3 is 14.8 Å². The van der Waals surface area contributed by atoms with Gasteiger partial charge in [-0.3, -0.25) is 0 Å². The van der Waals surface area contributed by atoms with Gasteiger partial charge >= 0.3 is 0 Å². The van der Waals surface area contributed by atoms with Crippen LogP contribution in [0.1, 0.15) is 43.9 Å². The zero-order chi connectivity index (χ0) is 13.7. The lowest BCUT2D eigenvalue weighted by molar-refractivity contribution is -0.122. The fourth-order valence-corrected chi connectivity index (χ4v) is 2.72. The van der Waals surface area contributed by atoms with E-state index in [1.54, 1.807) is 7.11 Å². The van der Waals surface area contributed by atoms with Crippen molar-refractivity contribution in [2.75, 3.05) is 20.2 Å². The van der Waals surface area contributed by atoms with Gasteiger partial charge in [-0.05, 0) is 24.0 Å². The summed E-state index contributed by atoms with van der Waals surface area (Å²) in [5.74, 6) is 0. The second-order valence-electron chi connectivity index (χ2n) is 5.31. The monoisotopic (exact) mass is 263 g/mol. The summed E-state index contributed by atoms with van der Waals surface area (Å²) in [4.78, 5) is 0. The third-order valence-electron chi connectivity index (χ3n) is 4.09. The number of ether oxygens (including phenoxy) is 2. The summed E-state index contributed by atoms with van der Waals surface area (Å²) in [7, 11) is 1.73. The van der Waals surface area contributed by atoms with Gasteiger partial charge in [0.05, 0.1) is 18.3 Å². The third-order valence-corrected chi connectivity index (χ3v) is 4.09. The predicted molar refractivity (Wildman–Crippen MR) is 77.2 cm³/mol. The molecule has 2 rings (SSSR count). The molecule has 19 heavy (non-hydrogen) atoms. The van der Waals surface area contributed by atoms with E-state index in [4.69, 9.17) is 9.47 Å². The molecular weight excluding hydrogens is 238 g/mol. The average Bonchev–Trinajstić information content (AvgIpc) is 2.48. The Hall–Kier alpha value is -0.900. The lowest BCUT2D eigenvalue weighted by atomic mass is 9.93. The zero-order valence-electron chi connectivity index (χ0n) is 12.2. The first-order valence-electron chi connectivity index (χ1n) is 7.19. The fraction of sp³-hybridized carbons (Fsp3) is 0.625. The van der Waals surface area contributed by atoms with Crippen molar-refractivity contribution in [2.45, 2.75) is 45.0 Å². The normalized spacial score (nSPS) is 22.4. The van der Waals surface area contributed by atoms with E-state index < -0.39 is 0 Å². The van der Waals surface area contributed by atoms with E-state index in [1.807, 2.05) is 0 Å². The van der Waals surface area contributed by atoms with Crippen molar-refractivity contribution in [3.8, 4) is 0 Å². The Morgan fingerprint density at radius 3 is 2.84 bits per heavy atom. The van der Waals surface area contributed by atoms with E-state index in [9.17, 15) is 0 Å². The Bertz CT molecular complexity index is 401. The van der Waals surface area contributed by atoms with Crippen LogP contribution in [0, 0.1) is 0 Å². The van der Waals surface area contributed by atoms with Crippen molar-refractivity contribution in [1.82, 2.24) is 5.32 Å². The van der Waals surface area contributed by atoms with Crippen LogP contribution in [0.25, 0.3) is 0 Å². The number of benzene rings is 1. The lowest BCUT2D eigenvalue weighted by Crippen LogP contribution is -2.50.